The number of hydrogen-bond acceptors (Lipinski definition) is 7. The van der Waals surface area contributed by atoms with Gasteiger partial charge in [0, 0.05) is 45.3 Å². The smallest absolute Gasteiger partial charge is 0.255 e. The number of aromatic nitrogens is 6. The van der Waals surface area contributed by atoms with Gasteiger partial charge in [-0.3, -0.25) is 18.7 Å². The average Bonchev–Trinajstić information content (AvgIpc) is 3.75. The predicted octanol–water partition coefficient (Wildman–Crippen LogP) is 5.10. The minimum Gasteiger partial charge on any atom is -0.356 e. The SMILES string of the molecule is O=C(Nc1ccc(Nc2ccc(NC(=O)c3ccc(-n4cnnc4)cc3)cc2)cc1)c1ccc(-n2cnnc2)cc1. The fourth-order valence-electron chi connectivity index (χ4n) is 4.08. The Balaban J connectivity index is 1.02. The molecule has 200 valence electrons. The van der Waals surface area contributed by atoms with E-state index < -0.39 is 0 Å². The second-order valence-electron chi connectivity index (χ2n) is 9.02. The zero-order valence-corrected chi connectivity index (χ0v) is 21.5. The van der Waals surface area contributed by atoms with Gasteiger partial charge in [-0.25, -0.2) is 0 Å². The van der Waals surface area contributed by atoms with E-state index >= 15 is 0 Å². The normalized spacial score (nSPS) is 10.6. The van der Waals surface area contributed by atoms with Crippen molar-refractivity contribution in [3.63, 3.8) is 0 Å². The van der Waals surface area contributed by atoms with Crippen LogP contribution in [0.3, 0.4) is 0 Å². The lowest BCUT2D eigenvalue weighted by Gasteiger charge is -2.11. The number of nitrogens with one attached hydrogen (secondary N) is 3. The molecule has 6 rings (SSSR count). The van der Waals surface area contributed by atoms with Crippen LogP contribution in [0.25, 0.3) is 11.4 Å². The van der Waals surface area contributed by atoms with Gasteiger partial charge in [0.25, 0.3) is 11.8 Å². The van der Waals surface area contributed by atoms with Gasteiger partial charge in [-0.1, -0.05) is 0 Å². The Bertz CT molecular complexity index is 1610. The first-order valence-corrected chi connectivity index (χ1v) is 12.6. The van der Waals surface area contributed by atoms with Crippen LogP contribution < -0.4 is 16.0 Å². The van der Waals surface area contributed by atoms with Crippen molar-refractivity contribution in [2.24, 2.45) is 0 Å². The van der Waals surface area contributed by atoms with Gasteiger partial charge in [-0.15, -0.1) is 20.4 Å². The molecular weight excluding hydrogens is 518 g/mol. The molecule has 2 heterocycles. The highest BCUT2D eigenvalue weighted by atomic mass is 16.2. The molecule has 0 aliphatic heterocycles. The number of nitrogens with zero attached hydrogens (tertiary/aromatic N) is 6. The van der Waals surface area contributed by atoms with Crippen LogP contribution >= 0.6 is 0 Å². The summed E-state index contributed by atoms with van der Waals surface area (Å²) in [5.41, 5.74) is 5.88. The summed E-state index contributed by atoms with van der Waals surface area (Å²) in [6.45, 7) is 0. The third kappa shape index (κ3) is 5.99. The summed E-state index contributed by atoms with van der Waals surface area (Å²) in [5, 5.41) is 24.3. The molecule has 3 N–H and O–H groups in total. The summed E-state index contributed by atoms with van der Waals surface area (Å²) >= 11 is 0. The van der Waals surface area contributed by atoms with Crippen molar-refractivity contribution in [3.05, 3.63) is 133 Å². The van der Waals surface area contributed by atoms with Gasteiger partial charge in [-0.05, 0) is 97.1 Å². The number of anilines is 4. The van der Waals surface area contributed by atoms with E-state index in [4.69, 9.17) is 0 Å². The monoisotopic (exact) mass is 541 g/mol. The first-order chi connectivity index (χ1) is 20.1. The Hall–Kier alpha value is -6.10. The summed E-state index contributed by atoms with van der Waals surface area (Å²) in [5.74, 6) is -0.407. The molecule has 0 aliphatic rings. The van der Waals surface area contributed by atoms with E-state index in [1.807, 2.05) is 72.8 Å². The van der Waals surface area contributed by atoms with Crippen molar-refractivity contribution in [1.29, 1.82) is 0 Å². The van der Waals surface area contributed by atoms with Crippen LogP contribution in [0.1, 0.15) is 20.7 Å². The number of amides is 2. The van der Waals surface area contributed by atoms with Crippen LogP contribution in [-0.2, 0) is 0 Å². The molecule has 41 heavy (non-hydrogen) atoms. The highest BCUT2D eigenvalue weighted by Gasteiger charge is 2.09. The van der Waals surface area contributed by atoms with Crippen LogP contribution in [0.4, 0.5) is 22.7 Å². The summed E-state index contributed by atoms with van der Waals surface area (Å²) in [6.07, 6.45) is 6.39. The van der Waals surface area contributed by atoms with Crippen LogP contribution in [0.15, 0.2) is 122 Å². The molecule has 0 unspecified atom stereocenters. The Morgan fingerprint density at radius 3 is 1.10 bits per heavy atom. The van der Waals surface area contributed by atoms with E-state index in [9.17, 15) is 9.59 Å². The lowest BCUT2D eigenvalue weighted by Crippen LogP contribution is -2.12. The van der Waals surface area contributed by atoms with Gasteiger partial charge in [0.15, 0.2) is 0 Å². The molecule has 11 nitrogen and oxygen atoms in total. The summed E-state index contributed by atoms with van der Waals surface area (Å²) in [7, 11) is 0. The van der Waals surface area contributed by atoms with Crippen molar-refractivity contribution in [3.8, 4) is 11.4 Å². The number of carbonyl (C=O) groups excluding carboxylic acids is 2. The topological polar surface area (TPSA) is 132 Å². The maximum Gasteiger partial charge on any atom is 0.255 e. The maximum atomic E-state index is 12.7. The van der Waals surface area contributed by atoms with Crippen LogP contribution in [-0.4, -0.2) is 41.3 Å². The molecule has 0 saturated carbocycles. The molecule has 0 fully saturated rings. The zero-order chi connectivity index (χ0) is 28.0. The standard InChI is InChI=1S/C30H23N9O2/c40-29(21-1-13-27(14-2-21)38-17-31-32-18-38)36-25-9-5-23(6-10-25)35-24-7-11-26(12-8-24)37-30(41)22-3-15-28(16-4-22)39-19-33-34-20-39/h1-20,35H,(H,36,40)(H,37,41). The average molecular weight is 542 g/mol. The molecule has 0 aliphatic carbocycles. The lowest BCUT2D eigenvalue weighted by molar-refractivity contribution is 0.101. The Kier molecular flexibility index (Phi) is 6.96. The minimum absolute atomic E-state index is 0.204. The Morgan fingerprint density at radius 1 is 0.439 bits per heavy atom. The molecule has 0 saturated heterocycles. The molecule has 0 spiro atoms. The number of rotatable bonds is 8. The van der Waals surface area contributed by atoms with E-state index in [0.717, 1.165) is 22.7 Å². The van der Waals surface area contributed by atoms with Crippen LogP contribution in [0, 0.1) is 0 Å². The van der Waals surface area contributed by atoms with E-state index in [0.29, 0.717) is 22.5 Å². The maximum absolute atomic E-state index is 12.7. The van der Waals surface area contributed by atoms with Gasteiger partial charge in [0.1, 0.15) is 25.3 Å². The van der Waals surface area contributed by atoms with E-state index in [1.54, 1.807) is 58.7 Å². The highest BCUT2D eigenvalue weighted by Crippen LogP contribution is 2.22. The van der Waals surface area contributed by atoms with Crippen molar-refractivity contribution in [1.82, 2.24) is 29.5 Å². The van der Waals surface area contributed by atoms with Crippen LogP contribution in [0.5, 0.6) is 0 Å². The molecule has 0 radical (unpaired) electrons. The van der Waals surface area contributed by atoms with Crippen molar-refractivity contribution < 1.29 is 9.59 Å². The summed E-state index contributed by atoms with van der Waals surface area (Å²) in [6, 6.07) is 29.2. The Labute approximate surface area is 234 Å². The number of hydrogen-bond donors (Lipinski definition) is 3. The molecule has 0 bridgehead atoms. The van der Waals surface area contributed by atoms with E-state index in [-0.39, 0.29) is 11.8 Å². The summed E-state index contributed by atoms with van der Waals surface area (Å²) < 4.78 is 3.53. The third-order valence-corrected chi connectivity index (χ3v) is 6.27. The number of carbonyl (C=O) groups is 2. The van der Waals surface area contributed by atoms with Gasteiger partial charge >= 0.3 is 0 Å². The molecule has 11 heteroatoms. The first kappa shape index (κ1) is 25.2. The Morgan fingerprint density at radius 2 is 0.756 bits per heavy atom. The van der Waals surface area contributed by atoms with Gasteiger partial charge in [-0.2, -0.15) is 0 Å². The van der Waals surface area contributed by atoms with Gasteiger partial charge < -0.3 is 16.0 Å². The molecular formula is C30H23N9O2. The van der Waals surface area contributed by atoms with Crippen molar-refractivity contribution >= 4 is 34.6 Å². The predicted molar refractivity (Wildman–Crippen MR) is 155 cm³/mol. The summed E-state index contributed by atoms with van der Waals surface area (Å²) in [4.78, 5) is 25.3. The zero-order valence-electron chi connectivity index (χ0n) is 21.5. The number of benzene rings is 4. The molecule has 6 aromatic rings. The van der Waals surface area contributed by atoms with Crippen LogP contribution in [0.2, 0.25) is 0 Å². The second-order valence-corrected chi connectivity index (χ2v) is 9.02. The third-order valence-electron chi connectivity index (χ3n) is 6.27. The van der Waals surface area contributed by atoms with E-state index in [1.165, 1.54) is 0 Å². The highest BCUT2D eigenvalue weighted by molar-refractivity contribution is 6.05. The minimum atomic E-state index is -0.204. The first-order valence-electron chi connectivity index (χ1n) is 12.6. The van der Waals surface area contributed by atoms with E-state index in [2.05, 4.69) is 36.3 Å². The van der Waals surface area contributed by atoms with Gasteiger partial charge in [0.2, 0.25) is 0 Å². The molecule has 2 amide bonds. The quantitative estimate of drug-likeness (QED) is 0.244. The fourth-order valence-corrected chi connectivity index (χ4v) is 4.08. The van der Waals surface area contributed by atoms with Gasteiger partial charge in [0.05, 0.1) is 0 Å². The lowest BCUT2D eigenvalue weighted by atomic mass is 10.2. The molecule has 4 aromatic carbocycles. The largest absolute Gasteiger partial charge is 0.356 e. The fraction of sp³-hybridized carbons (Fsp3) is 0. The second kappa shape index (κ2) is 11.3. The van der Waals surface area contributed by atoms with Crippen molar-refractivity contribution in [2.45, 2.75) is 0 Å². The molecule has 2 aromatic heterocycles. The van der Waals surface area contributed by atoms with Crippen molar-refractivity contribution in [2.75, 3.05) is 16.0 Å². The molecule has 0 atom stereocenters.